The Kier molecular flexibility index (Phi) is 6.89. The first-order valence-corrected chi connectivity index (χ1v) is 7.74. The summed E-state index contributed by atoms with van der Waals surface area (Å²) in [6, 6.07) is 19.2. The topological polar surface area (TPSA) is 43.4 Å². The molecule has 0 N–H and O–H groups in total. The van der Waals surface area contributed by atoms with E-state index in [-0.39, 0.29) is 5.57 Å². The van der Waals surface area contributed by atoms with Crippen LogP contribution in [0.25, 0.3) is 12.2 Å². The van der Waals surface area contributed by atoms with Gasteiger partial charge < -0.3 is 4.74 Å². The number of hydrogen-bond acceptors (Lipinski definition) is 3. The highest BCUT2D eigenvalue weighted by atomic mass is 16.6. The fourth-order valence-electron chi connectivity index (χ4n) is 1.96. The third-order valence-corrected chi connectivity index (χ3v) is 3.21. The van der Waals surface area contributed by atoms with Gasteiger partial charge in [0, 0.05) is 6.08 Å². The maximum absolute atomic E-state index is 12.1. The molecule has 0 fully saturated rings. The molecule has 0 aliphatic heterocycles. The van der Waals surface area contributed by atoms with E-state index in [4.69, 9.17) is 4.74 Å². The monoisotopic (exact) mass is 330 g/mol. The molecule has 0 amide bonds. The van der Waals surface area contributed by atoms with Crippen molar-refractivity contribution in [1.82, 2.24) is 0 Å². The predicted molar refractivity (Wildman–Crippen MR) is 100 cm³/mol. The zero-order valence-electron chi connectivity index (χ0n) is 13.7. The Balaban J connectivity index is 2.21. The van der Waals surface area contributed by atoms with Crippen molar-refractivity contribution in [3.05, 3.63) is 108 Å². The first-order chi connectivity index (χ1) is 12.2. The average Bonchev–Trinajstić information content (AvgIpc) is 2.66. The SMILES string of the molecule is C=CC(=O)OC(=O)C(C=Cc1ccccc1)=CC=Cc1ccccc1. The van der Waals surface area contributed by atoms with Gasteiger partial charge in [0.15, 0.2) is 0 Å². The normalized spacial score (nSPS) is 11.6. The number of carbonyl (C=O) groups excluding carboxylic acids is 2. The summed E-state index contributed by atoms with van der Waals surface area (Å²) in [7, 11) is 0. The quantitative estimate of drug-likeness (QED) is 0.337. The minimum Gasteiger partial charge on any atom is -0.386 e. The van der Waals surface area contributed by atoms with Crippen molar-refractivity contribution in [3.63, 3.8) is 0 Å². The maximum Gasteiger partial charge on any atom is 0.346 e. The molecule has 0 saturated carbocycles. The van der Waals surface area contributed by atoms with E-state index in [0.29, 0.717) is 0 Å². The Hall–Kier alpha value is -3.46. The average molecular weight is 330 g/mol. The van der Waals surface area contributed by atoms with E-state index in [2.05, 4.69) is 6.58 Å². The summed E-state index contributed by atoms with van der Waals surface area (Å²) < 4.78 is 4.70. The third-order valence-electron chi connectivity index (χ3n) is 3.21. The first kappa shape index (κ1) is 17.9. The first-order valence-electron chi connectivity index (χ1n) is 7.74. The molecule has 0 aliphatic rings. The highest BCUT2D eigenvalue weighted by molar-refractivity contribution is 6.01. The summed E-state index contributed by atoms with van der Waals surface area (Å²) in [6.45, 7) is 3.29. The molecule has 2 aromatic carbocycles. The summed E-state index contributed by atoms with van der Waals surface area (Å²) in [5, 5.41) is 0. The van der Waals surface area contributed by atoms with Crippen molar-refractivity contribution in [2.24, 2.45) is 0 Å². The predicted octanol–water partition coefficient (Wildman–Crippen LogP) is 4.60. The van der Waals surface area contributed by atoms with Gasteiger partial charge in [0.1, 0.15) is 0 Å². The molecule has 0 spiro atoms. The molecule has 0 aliphatic carbocycles. The molecular formula is C22H18O3. The van der Waals surface area contributed by atoms with E-state index >= 15 is 0 Å². The Morgan fingerprint density at radius 3 is 1.96 bits per heavy atom. The van der Waals surface area contributed by atoms with Crippen molar-refractivity contribution in [2.45, 2.75) is 0 Å². The van der Waals surface area contributed by atoms with Crippen LogP contribution < -0.4 is 0 Å². The van der Waals surface area contributed by atoms with Crippen LogP contribution >= 0.6 is 0 Å². The van der Waals surface area contributed by atoms with E-state index in [1.807, 2.05) is 66.7 Å². The third kappa shape index (κ3) is 6.28. The molecule has 2 rings (SSSR count). The Morgan fingerprint density at radius 1 is 0.840 bits per heavy atom. The van der Waals surface area contributed by atoms with Crippen molar-refractivity contribution in [2.75, 3.05) is 0 Å². The van der Waals surface area contributed by atoms with Gasteiger partial charge in [-0.3, -0.25) is 0 Å². The van der Waals surface area contributed by atoms with Crippen LogP contribution in [-0.4, -0.2) is 11.9 Å². The Bertz CT molecular complexity index is 813. The van der Waals surface area contributed by atoms with E-state index in [9.17, 15) is 9.59 Å². The number of hydrogen-bond donors (Lipinski definition) is 0. The lowest BCUT2D eigenvalue weighted by Gasteiger charge is -2.01. The molecule has 2 aromatic rings. The van der Waals surface area contributed by atoms with Crippen LogP contribution in [0, 0.1) is 0 Å². The minimum atomic E-state index is -0.781. The van der Waals surface area contributed by atoms with Crippen molar-refractivity contribution < 1.29 is 14.3 Å². The highest BCUT2D eigenvalue weighted by Crippen LogP contribution is 2.09. The van der Waals surface area contributed by atoms with Crippen LogP contribution in [-0.2, 0) is 14.3 Å². The summed E-state index contributed by atoms with van der Waals surface area (Å²) in [5.41, 5.74) is 2.19. The fourth-order valence-corrected chi connectivity index (χ4v) is 1.96. The summed E-state index contributed by atoms with van der Waals surface area (Å²) in [4.78, 5) is 23.4. The zero-order chi connectivity index (χ0) is 17.9. The highest BCUT2D eigenvalue weighted by Gasteiger charge is 2.10. The zero-order valence-corrected chi connectivity index (χ0v) is 13.7. The molecule has 0 radical (unpaired) electrons. The number of allylic oxidation sites excluding steroid dienone is 2. The van der Waals surface area contributed by atoms with Gasteiger partial charge in [0.25, 0.3) is 0 Å². The van der Waals surface area contributed by atoms with Crippen molar-refractivity contribution in [3.8, 4) is 0 Å². The van der Waals surface area contributed by atoms with Crippen LogP contribution in [0.2, 0.25) is 0 Å². The second-order valence-corrected chi connectivity index (χ2v) is 5.05. The Morgan fingerprint density at radius 2 is 1.40 bits per heavy atom. The molecule has 0 aromatic heterocycles. The lowest BCUT2D eigenvalue weighted by molar-refractivity contribution is -0.152. The molecule has 0 unspecified atom stereocenters. The van der Waals surface area contributed by atoms with Crippen molar-refractivity contribution >= 4 is 24.1 Å². The van der Waals surface area contributed by atoms with Gasteiger partial charge in [0.05, 0.1) is 5.57 Å². The van der Waals surface area contributed by atoms with Gasteiger partial charge in [-0.2, -0.15) is 0 Å². The molecule has 0 atom stereocenters. The maximum atomic E-state index is 12.1. The van der Waals surface area contributed by atoms with Gasteiger partial charge in [-0.15, -0.1) is 0 Å². The molecule has 124 valence electrons. The summed E-state index contributed by atoms with van der Waals surface area (Å²) >= 11 is 0. The lowest BCUT2D eigenvalue weighted by atomic mass is 10.1. The van der Waals surface area contributed by atoms with Crippen molar-refractivity contribution in [1.29, 1.82) is 0 Å². The molecule has 3 heteroatoms. The van der Waals surface area contributed by atoms with E-state index in [1.165, 1.54) is 0 Å². The molecule has 3 nitrogen and oxygen atoms in total. The lowest BCUT2D eigenvalue weighted by Crippen LogP contribution is -2.11. The smallest absolute Gasteiger partial charge is 0.346 e. The fraction of sp³-hybridized carbons (Fsp3) is 0. The van der Waals surface area contributed by atoms with E-state index in [1.54, 1.807) is 24.3 Å². The number of ether oxygens (including phenoxy) is 1. The molecule has 0 bridgehead atoms. The minimum absolute atomic E-state index is 0.256. The largest absolute Gasteiger partial charge is 0.386 e. The molecule has 0 saturated heterocycles. The van der Waals surface area contributed by atoms with Gasteiger partial charge in [-0.05, 0) is 23.3 Å². The van der Waals surface area contributed by atoms with Crippen LogP contribution in [0.1, 0.15) is 11.1 Å². The van der Waals surface area contributed by atoms with Gasteiger partial charge in [0.2, 0.25) is 0 Å². The van der Waals surface area contributed by atoms with E-state index in [0.717, 1.165) is 17.2 Å². The van der Waals surface area contributed by atoms with Gasteiger partial charge in [-0.1, -0.05) is 85.5 Å². The second kappa shape index (κ2) is 9.63. The van der Waals surface area contributed by atoms with Crippen LogP contribution in [0.15, 0.2) is 97.1 Å². The molecule has 25 heavy (non-hydrogen) atoms. The summed E-state index contributed by atoms with van der Waals surface area (Å²) in [6.07, 6.45) is 9.55. The second-order valence-electron chi connectivity index (χ2n) is 5.05. The standard InChI is InChI=1S/C22H18O3/c1-2-21(23)25-22(24)20(17-16-19-12-7-4-8-13-19)15-9-14-18-10-5-3-6-11-18/h2-17H,1H2. The molecule has 0 heterocycles. The number of esters is 2. The van der Waals surface area contributed by atoms with E-state index < -0.39 is 11.9 Å². The number of carbonyl (C=O) groups is 2. The molecular weight excluding hydrogens is 312 g/mol. The van der Waals surface area contributed by atoms with Crippen LogP contribution in [0.4, 0.5) is 0 Å². The summed E-state index contributed by atoms with van der Waals surface area (Å²) in [5.74, 6) is -1.51. The number of benzene rings is 2. The van der Waals surface area contributed by atoms with Gasteiger partial charge >= 0.3 is 11.9 Å². The number of rotatable bonds is 6. The Labute approximate surface area is 147 Å². The van der Waals surface area contributed by atoms with Gasteiger partial charge in [-0.25, -0.2) is 9.59 Å². The van der Waals surface area contributed by atoms with Crippen LogP contribution in [0.5, 0.6) is 0 Å². The van der Waals surface area contributed by atoms with Crippen LogP contribution in [0.3, 0.4) is 0 Å².